The zero-order valence-corrected chi connectivity index (χ0v) is 16.5. The average molecular weight is 364 g/mol. The van der Waals surface area contributed by atoms with Gasteiger partial charge in [-0.25, -0.2) is 4.79 Å². The van der Waals surface area contributed by atoms with Gasteiger partial charge in [0.05, 0.1) is 0 Å². The number of nitrogens with one attached hydrogen (secondary N) is 1. The van der Waals surface area contributed by atoms with Crippen LogP contribution in [-0.4, -0.2) is 17.6 Å². The fourth-order valence-corrected chi connectivity index (χ4v) is 3.63. The van der Waals surface area contributed by atoms with Gasteiger partial charge in [0.15, 0.2) is 5.88 Å². The van der Waals surface area contributed by atoms with E-state index in [-0.39, 0.29) is 5.76 Å². The van der Waals surface area contributed by atoms with E-state index in [9.17, 15) is 4.79 Å². The third-order valence-corrected chi connectivity index (χ3v) is 5.52. The van der Waals surface area contributed by atoms with Crippen LogP contribution < -0.4 is 5.32 Å². The molecule has 2 N–H and O–H groups in total. The number of anilines is 1. The highest BCUT2D eigenvalue weighted by Gasteiger charge is 2.19. The van der Waals surface area contributed by atoms with E-state index < -0.39 is 5.97 Å². The Morgan fingerprint density at radius 1 is 1.12 bits per heavy atom. The first-order valence-corrected chi connectivity index (χ1v) is 10.8. The topological polar surface area (TPSA) is 62.5 Å². The van der Waals surface area contributed by atoms with Crippen LogP contribution in [0.25, 0.3) is 0 Å². The molecule has 1 aromatic heterocycles. The smallest absolute Gasteiger partial charge is 0.371 e. The monoisotopic (exact) mass is 363 g/mol. The molecule has 0 bridgehead atoms. The van der Waals surface area contributed by atoms with Gasteiger partial charge >= 0.3 is 5.97 Å². The van der Waals surface area contributed by atoms with E-state index in [1.807, 2.05) is 0 Å². The number of carboxylic acid groups (broad SMARTS) is 1. The standard InChI is InChI=1S/C22H37NO3/c1-2-3-4-7-11-19(12-9-6-5-8-10-18-13-14-18)17-23-21-16-15-20(26-21)22(24)25/h15-16,18-19,23H,2-14,17H2,1H3,(H,24,25). The molecule has 0 aliphatic heterocycles. The Labute approximate surface area is 158 Å². The van der Waals surface area contributed by atoms with Crippen LogP contribution in [0, 0.1) is 11.8 Å². The van der Waals surface area contributed by atoms with Gasteiger partial charge in [0.25, 0.3) is 0 Å². The van der Waals surface area contributed by atoms with Crippen molar-refractivity contribution in [1.82, 2.24) is 0 Å². The average Bonchev–Trinajstić information content (AvgIpc) is 3.33. The van der Waals surface area contributed by atoms with E-state index >= 15 is 0 Å². The summed E-state index contributed by atoms with van der Waals surface area (Å²) >= 11 is 0. The summed E-state index contributed by atoms with van der Waals surface area (Å²) in [6, 6.07) is 3.23. The molecule has 1 heterocycles. The van der Waals surface area contributed by atoms with Crippen molar-refractivity contribution in [2.24, 2.45) is 11.8 Å². The molecule has 4 nitrogen and oxygen atoms in total. The highest BCUT2D eigenvalue weighted by molar-refractivity contribution is 5.84. The largest absolute Gasteiger partial charge is 0.475 e. The Bertz CT molecular complexity index is 507. The molecule has 1 atom stereocenters. The lowest BCUT2D eigenvalue weighted by Crippen LogP contribution is -2.14. The molecule has 1 aromatic rings. The Kier molecular flexibility index (Phi) is 9.65. The molecule has 1 aliphatic rings. The lowest BCUT2D eigenvalue weighted by molar-refractivity contribution is 0.0663. The fourth-order valence-electron chi connectivity index (χ4n) is 3.63. The first-order valence-electron chi connectivity index (χ1n) is 10.8. The summed E-state index contributed by atoms with van der Waals surface area (Å²) in [5.41, 5.74) is 0. The molecule has 0 aromatic carbocycles. The van der Waals surface area contributed by atoms with Crippen molar-refractivity contribution in [3.05, 3.63) is 17.9 Å². The highest BCUT2D eigenvalue weighted by atomic mass is 16.4. The van der Waals surface area contributed by atoms with Crippen molar-refractivity contribution in [2.75, 3.05) is 11.9 Å². The molecular formula is C22H37NO3. The van der Waals surface area contributed by atoms with E-state index in [1.165, 1.54) is 89.5 Å². The number of furan rings is 1. The summed E-state index contributed by atoms with van der Waals surface area (Å²) in [4.78, 5) is 10.9. The lowest BCUT2D eigenvalue weighted by Gasteiger charge is -2.17. The molecule has 1 saturated carbocycles. The number of hydrogen-bond acceptors (Lipinski definition) is 3. The van der Waals surface area contributed by atoms with Gasteiger partial charge < -0.3 is 14.8 Å². The van der Waals surface area contributed by atoms with Gasteiger partial charge in [-0.1, -0.05) is 77.6 Å². The number of aromatic carboxylic acids is 1. The number of unbranched alkanes of at least 4 members (excludes halogenated alkanes) is 6. The van der Waals surface area contributed by atoms with Crippen molar-refractivity contribution < 1.29 is 14.3 Å². The van der Waals surface area contributed by atoms with Gasteiger partial charge in [0.2, 0.25) is 5.76 Å². The summed E-state index contributed by atoms with van der Waals surface area (Å²) in [5.74, 6) is 1.27. The summed E-state index contributed by atoms with van der Waals surface area (Å²) in [5, 5.41) is 12.3. The van der Waals surface area contributed by atoms with Gasteiger partial charge in [0.1, 0.15) is 0 Å². The molecule has 0 spiro atoms. The lowest BCUT2D eigenvalue weighted by atomic mass is 9.94. The molecule has 0 radical (unpaired) electrons. The molecule has 2 rings (SSSR count). The first kappa shape index (κ1) is 20.9. The number of hydrogen-bond donors (Lipinski definition) is 2. The molecule has 1 unspecified atom stereocenters. The normalized spacial score (nSPS) is 15.1. The van der Waals surface area contributed by atoms with Crippen molar-refractivity contribution in [3.63, 3.8) is 0 Å². The summed E-state index contributed by atoms with van der Waals surface area (Å²) < 4.78 is 5.31. The maximum Gasteiger partial charge on any atom is 0.371 e. The second-order valence-corrected chi connectivity index (χ2v) is 8.00. The van der Waals surface area contributed by atoms with E-state index in [0.29, 0.717) is 11.8 Å². The number of carbonyl (C=O) groups is 1. The number of rotatable bonds is 16. The predicted molar refractivity (Wildman–Crippen MR) is 107 cm³/mol. The van der Waals surface area contributed by atoms with Crippen LogP contribution in [0.1, 0.15) is 101 Å². The first-order chi connectivity index (χ1) is 12.7. The Hall–Kier alpha value is -1.45. The van der Waals surface area contributed by atoms with Gasteiger partial charge in [-0.2, -0.15) is 0 Å². The van der Waals surface area contributed by atoms with E-state index in [2.05, 4.69) is 12.2 Å². The van der Waals surface area contributed by atoms with E-state index in [4.69, 9.17) is 9.52 Å². The molecule has 0 saturated heterocycles. The van der Waals surface area contributed by atoms with Crippen LogP contribution in [0.4, 0.5) is 5.88 Å². The van der Waals surface area contributed by atoms with Crippen LogP contribution in [0.5, 0.6) is 0 Å². The van der Waals surface area contributed by atoms with Crippen LogP contribution in [0.3, 0.4) is 0 Å². The molecule has 4 heteroatoms. The fraction of sp³-hybridized carbons (Fsp3) is 0.773. The van der Waals surface area contributed by atoms with Crippen molar-refractivity contribution in [3.8, 4) is 0 Å². The minimum atomic E-state index is -1.01. The Balaban J connectivity index is 1.65. The van der Waals surface area contributed by atoms with Crippen molar-refractivity contribution >= 4 is 11.9 Å². The zero-order valence-electron chi connectivity index (χ0n) is 16.5. The van der Waals surface area contributed by atoms with Gasteiger partial charge in [0, 0.05) is 12.6 Å². The molecule has 1 aliphatic carbocycles. The van der Waals surface area contributed by atoms with Crippen molar-refractivity contribution in [1.29, 1.82) is 0 Å². The van der Waals surface area contributed by atoms with Crippen LogP contribution in [0.2, 0.25) is 0 Å². The maximum absolute atomic E-state index is 10.9. The quantitative estimate of drug-likeness (QED) is 0.320. The second kappa shape index (κ2) is 12.0. The van der Waals surface area contributed by atoms with Crippen LogP contribution >= 0.6 is 0 Å². The third-order valence-electron chi connectivity index (χ3n) is 5.52. The van der Waals surface area contributed by atoms with Gasteiger partial charge in [-0.3, -0.25) is 0 Å². The van der Waals surface area contributed by atoms with Crippen molar-refractivity contribution in [2.45, 2.75) is 90.4 Å². The minimum Gasteiger partial charge on any atom is -0.475 e. The summed E-state index contributed by atoms with van der Waals surface area (Å²) in [6.45, 7) is 3.12. The van der Waals surface area contributed by atoms with Crippen LogP contribution in [0.15, 0.2) is 16.5 Å². The van der Waals surface area contributed by atoms with Crippen LogP contribution in [-0.2, 0) is 0 Å². The Morgan fingerprint density at radius 2 is 1.81 bits per heavy atom. The maximum atomic E-state index is 10.9. The summed E-state index contributed by atoms with van der Waals surface area (Å²) in [6.07, 6.45) is 17.6. The second-order valence-electron chi connectivity index (χ2n) is 8.00. The van der Waals surface area contributed by atoms with Gasteiger partial charge in [-0.15, -0.1) is 0 Å². The van der Waals surface area contributed by atoms with E-state index in [0.717, 1.165) is 12.5 Å². The predicted octanol–water partition coefficient (Wildman–Crippen LogP) is 6.73. The molecular weight excluding hydrogens is 326 g/mol. The highest BCUT2D eigenvalue weighted by Crippen LogP contribution is 2.34. The number of carboxylic acids is 1. The molecule has 26 heavy (non-hydrogen) atoms. The third kappa shape index (κ3) is 8.77. The van der Waals surface area contributed by atoms with E-state index in [1.54, 1.807) is 6.07 Å². The molecule has 148 valence electrons. The Morgan fingerprint density at radius 3 is 2.42 bits per heavy atom. The minimum absolute atomic E-state index is 0.00246. The molecule has 0 amide bonds. The van der Waals surface area contributed by atoms with Gasteiger partial charge in [-0.05, 0) is 30.7 Å². The zero-order chi connectivity index (χ0) is 18.6. The SMILES string of the molecule is CCCCCCC(CCCCCCC1CC1)CNc1ccc(C(=O)O)o1. The molecule has 1 fully saturated rings. The summed E-state index contributed by atoms with van der Waals surface area (Å²) in [7, 11) is 0.